The van der Waals surface area contributed by atoms with Gasteiger partial charge in [0.25, 0.3) is 0 Å². The van der Waals surface area contributed by atoms with Gasteiger partial charge in [-0.2, -0.15) is 10.4 Å². The zero-order valence-corrected chi connectivity index (χ0v) is 21.5. The van der Waals surface area contributed by atoms with Gasteiger partial charge in [-0.25, -0.2) is 19.6 Å². The number of nitriles is 1. The minimum Gasteiger partial charge on any atom is -0.495 e. The molecule has 2 N–H and O–H groups in total. The van der Waals surface area contributed by atoms with Crippen LogP contribution in [0.4, 0.5) is 11.6 Å². The van der Waals surface area contributed by atoms with Crippen molar-refractivity contribution in [2.45, 2.75) is 38.3 Å². The van der Waals surface area contributed by atoms with Crippen LogP contribution < -0.4 is 20.1 Å². The first-order valence-electron chi connectivity index (χ1n) is 12.6. The highest BCUT2D eigenvalue weighted by Gasteiger charge is 2.17. The second kappa shape index (κ2) is 11.7. The summed E-state index contributed by atoms with van der Waals surface area (Å²) < 4.78 is 13.4. The molecule has 0 aliphatic carbocycles. The molecule has 1 saturated heterocycles. The van der Waals surface area contributed by atoms with Gasteiger partial charge >= 0.3 is 0 Å². The van der Waals surface area contributed by atoms with E-state index in [1.165, 1.54) is 11.9 Å². The third kappa shape index (κ3) is 5.90. The van der Waals surface area contributed by atoms with E-state index < -0.39 is 0 Å². The van der Waals surface area contributed by atoms with Crippen LogP contribution in [0.15, 0.2) is 61.4 Å². The molecule has 0 bridgehead atoms. The number of ether oxygens (including phenoxy) is 2. The largest absolute Gasteiger partial charge is 0.495 e. The Bertz CT molecular complexity index is 1390. The number of benzene rings is 2. The van der Waals surface area contributed by atoms with E-state index >= 15 is 0 Å². The van der Waals surface area contributed by atoms with Crippen LogP contribution in [0.3, 0.4) is 0 Å². The molecule has 10 nitrogen and oxygen atoms in total. The monoisotopic (exact) mass is 510 g/mol. The summed E-state index contributed by atoms with van der Waals surface area (Å²) in [6.07, 6.45) is 8.65. The summed E-state index contributed by atoms with van der Waals surface area (Å²) in [5.74, 6) is 2.27. The van der Waals surface area contributed by atoms with E-state index in [0.29, 0.717) is 29.7 Å². The molecule has 0 radical (unpaired) electrons. The van der Waals surface area contributed by atoms with Crippen molar-refractivity contribution >= 4 is 11.6 Å². The summed E-state index contributed by atoms with van der Waals surface area (Å²) in [6.45, 7) is 4.53. The Hall–Kier alpha value is -4.49. The summed E-state index contributed by atoms with van der Waals surface area (Å²) >= 11 is 0. The second-order valence-electron chi connectivity index (χ2n) is 9.27. The molecule has 2 aromatic carbocycles. The van der Waals surface area contributed by atoms with Crippen LogP contribution in [-0.4, -0.2) is 51.0 Å². The molecule has 194 valence electrons. The van der Waals surface area contributed by atoms with Gasteiger partial charge in [-0.15, -0.1) is 0 Å². The summed E-state index contributed by atoms with van der Waals surface area (Å²) in [5, 5.41) is 20.3. The van der Waals surface area contributed by atoms with Crippen LogP contribution in [0.5, 0.6) is 11.5 Å². The quantitative estimate of drug-likeness (QED) is 0.339. The van der Waals surface area contributed by atoms with Crippen molar-refractivity contribution in [3.8, 4) is 28.7 Å². The van der Waals surface area contributed by atoms with E-state index in [1.54, 1.807) is 36.6 Å². The highest BCUT2D eigenvalue weighted by Crippen LogP contribution is 2.34. The van der Waals surface area contributed by atoms with Crippen LogP contribution in [0.1, 0.15) is 36.8 Å². The fourth-order valence-electron chi connectivity index (χ4n) is 4.62. The van der Waals surface area contributed by atoms with E-state index in [1.807, 2.05) is 25.1 Å². The number of nitrogens with one attached hydrogen (secondary N) is 2. The average Bonchev–Trinajstić information content (AvgIpc) is 3.47. The Morgan fingerprint density at radius 2 is 1.92 bits per heavy atom. The number of methoxy groups -OCH3 is 1. The first kappa shape index (κ1) is 25.2. The van der Waals surface area contributed by atoms with Gasteiger partial charge in [0.2, 0.25) is 5.95 Å². The minimum absolute atomic E-state index is 0.210. The zero-order chi connectivity index (χ0) is 26.3. The maximum Gasteiger partial charge on any atom is 0.227 e. The molecule has 1 aliphatic rings. The standard InChI is InChI=1S/C28H30N8O2/c1-19(16-36-18-31-17-34-36)38-26-11-22(3-4-23(26)13-29)24-14-32-28(33-15-24)35-25-6-5-21(12-27(25)37-2)20-7-9-30-10-8-20/h3-6,11-12,14-15,17-20,30H,7-10,16H2,1-2H3,(H,32,33,35)/t19-/m0/s1. The summed E-state index contributed by atoms with van der Waals surface area (Å²) in [7, 11) is 1.67. The molecule has 1 fully saturated rings. The predicted octanol–water partition coefficient (Wildman–Crippen LogP) is 4.29. The average molecular weight is 511 g/mol. The number of aromatic nitrogens is 5. The van der Waals surface area contributed by atoms with Crippen molar-refractivity contribution in [2.24, 2.45) is 0 Å². The molecule has 3 heterocycles. The fourth-order valence-corrected chi connectivity index (χ4v) is 4.62. The van der Waals surface area contributed by atoms with E-state index in [9.17, 15) is 5.26 Å². The normalized spacial score (nSPS) is 14.4. The molecule has 0 amide bonds. The zero-order valence-electron chi connectivity index (χ0n) is 21.5. The molecule has 5 rings (SSSR count). The predicted molar refractivity (Wildman–Crippen MR) is 143 cm³/mol. The van der Waals surface area contributed by atoms with Crippen LogP contribution >= 0.6 is 0 Å². The van der Waals surface area contributed by atoms with Gasteiger partial charge in [0.05, 0.1) is 24.9 Å². The van der Waals surface area contributed by atoms with Crippen molar-refractivity contribution in [2.75, 3.05) is 25.5 Å². The Kier molecular flexibility index (Phi) is 7.75. The minimum atomic E-state index is -0.210. The molecule has 38 heavy (non-hydrogen) atoms. The number of nitrogens with zero attached hydrogens (tertiary/aromatic N) is 6. The van der Waals surface area contributed by atoms with Gasteiger partial charge in [-0.1, -0.05) is 12.1 Å². The lowest BCUT2D eigenvalue weighted by atomic mass is 9.90. The Morgan fingerprint density at radius 1 is 1.11 bits per heavy atom. The third-order valence-corrected chi connectivity index (χ3v) is 6.61. The maximum atomic E-state index is 9.56. The molecule has 0 saturated carbocycles. The molecule has 2 aromatic heterocycles. The highest BCUT2D eigenvalue weighted by molar-refractivity contribution is 5.68. The summed E-state index contributed by atoms with van der Waals surface area (Å²) in [4.78, 5) is 13.0. The molecule has 10 heteroatoms. The van der Waals surface area contributed by atoms with E-state index in [2.05, 4.69) is 48.9 Å². The fraction of sp³-hybridized carbons (Fsp3) is 0.321. The number of anilines is 2. The van der Waals surface area contributed by atoms with E-state index in [4.69, 9.17) is 9.47 Å². The second-order valence-corrected chi connectivity index (χ2v) is 9.27. The molecular weight excluding hydrogens is 480 g/mol. The van der Waals surface area contributed by atoms with Gasteiger partial charge in [-0.3, -0.25) is 0 Å². The lowest BCUT2D eigenvalue weighted by Crippen LogP contribution is -2.26. The third-order valence-electron chi connectivity index (χ3n) is 6.61. The molecule has 1 atom stereocenters. The first-order chi connectivity index (χ1) is 18.6. The lowest BCUT2D eigenvalue weighted by molar-refractivity contribution is 0.193. The van der Waals surface area contributed by atoms with Crippen LogP contribution in [0.2, 0.25) is 0 Å². The number of hydrogen-bond acceptors (Lipinski definition) is 9. The molecule has 0 spiro atoms. The van der Waals surface area contributed by atoms with Crippen molar-refractivity contribution in [3.05, 3.63) is 72.6 Å². The van der Waals surface area contributed by atoms with Gasteiger partial charge in [0, 0.05) is 18.0 Å². The van der Waals surface area contributed by atoms with E-state index in [0.717, 1.165) is 48.5 Å². The Balaban J connectivity index is 1.29. The van der Waals surface area contributed by atoms with Gasteiger partial charge in [0.15, 0.2) is 0 Å². The van der Waals surface area contributed by atoms with Gasteiger partial charge in [0.1, 0.15) is 36.3 Å². The Labute approximate surface area is 221 Å². The molecule has 1 aliphatic heterocycles. The maximum absolute atomic E-state index is 9.56. The van der Waals surface area contributed by atoms with Crippen molar-refractivity contribution in [1.82, 2.24) is 30.0 Å². The van der Waals surface area contributed by atoms with Gasteiger partial charge < -0.3 is 20.1 Å². The van der Waals surface area contributed by atoms with Crippen LogP contribution in [-0.2, 0) is 6.54 Å². The molecular formula is C28H30N8O2. The van der Waals surface area contributed by atoms with Crippen molar-refractivity contribution < 1.29 is 9.47 Å². The number of hydrogen-bond donors (Lipinski definition) is 2. The van der Waals surface area contributed by atoms with Crippen molar-refractivity contribution in [3.63, 3.8) is 0 Å². The molecule has 0 unspecified atom stereocenters. The Morgan fingerprint density at radius 3 is 2.63 bits per heavy atom. The first-order valence-corrected chi connectivity index (χ1v) is 12.6. The SMILES string of the molecule is COc1cc(C2CCNCC2)ccc1Nc1ncc(-c2ccc(C#N)c(O[C@@H](C)Cn3cncn3)c2)cn1. The van der Waals surface area contributed by atoms with Crippen LogP contribution in [0, 0.1) is 11.3 Å². The topological polar surface area (TPSA) is 123 Å². The van der Waals surface area contributed by atoms with Crippen molar-refractivity contribution in [1.29, 1.82) is 5.26 Å². The van der Waals surface area contributed by atoms with E-state index in [-0.39, 0.29) is 6.10 Å². The smallest absolute Gasteiger partial charge is 0.227 e. The summed E-state index contributed by atoms with van der Waals surface area (Å²) in [6, 6.07) is 13.9. The number of piperidine rings is 1. The summed E-state index contributed by atoms with van der Waals surface area (Å²) in [5.41, 5.74) is 4.22. The molecule has 4 aromatic rings. The highest BCUT2D eigenvalue weighted by atomic mass is 16.5. The number of rotatable bonds is 9. The van der Waals surface area contributed by atoms with Gasteiger partial charge in [-0.05, 0) is 74.2 Å². The van der Waals surface area contributed by atoms with Crippen LogP contribution in [0.25, 0.3) is 11.1 Å². The lowest BCUT2D eigenvalue weighted by Gasteiger charge is -2.24.